The molecule has 2 aromatic carbocycles. The van der Waals surface area contributed by atoms with E-state index in [1.54, 1.807) is 18.2 Å². The minimum atomic E-state index is -5.47. The van der Waals surface area contributed by atoms with Crippen molar-refractivity contribution in [1.29, 1.82) is 0 Å². The molecule has 1 atom stereocenters. The Kier molecular flexibility index (Phi) is 7.78. The molecule has 0 aliphatic carbocycles. The number of hydrogen-bond acceptors (Lipinski definition) is 5. The summed E-state index contributed by atoms with van der Waals surface area (Å²) in [5.74, 6) is -1.87. The zero-order chi connectivity index (χ0) is 25.0. The number of hydrogen-bond donors (Lipinski definition) is 1. The van der Waals surface area contributed by atoms with Gasteiger partial charge in [0, 0.05) is 6.42 Å². The van der Waals surface area contributed by atoms with Crippen LogP contribution in [0.2, 0.25) is 0 Å². The first-order valence-electron chi connectivity index (χ1n) is 9.22. The zero-order valence-electron chi connectivity index (χ0n) is 17.3. The molecule has 11 heteroatoms. The summed E-state index contributed by atoms with van der Waals surface area (Å²) < 4.78 is 83.2. The van der Waals surface area contributed by atoms with Gasteiger partial charge in [0.05, 0.1) is 23.7 Å². The third-order valence-electron chi connectivity index (χ3n) is 4.73. The van der Waals surface area contributed by atoms with Gasteiger partial charge in [-0.15, -0.1) is 0 Å². The first-order valence-corrected chi connectivity index (χ1v) is 9.22. The summed E-state index contributed by atoms with van der Waals surface area (Å²) in [6.07, 6.45) is -9.56. The molecule has 3 aromatic rings. The van der Waals surface area contributed by atoms with E-state index in [9.17, 15) is 41.0 Å². The fourth-order valence-electron chi connectivity index (χ4n) is 2.77. The predicted octanol–water partition coefficient (Wildman–Crippen LogP) is 5.42. The lowest BCUT2D eigenvalue weighted by molar-refractivity contribution is -0.288. The van der Waals surface area contributed by atoms with E-state index in [4.69, 9.17) is 4.42 Å². The highest BCUT2D eigenvalue weighted by Gasteiger charge is 2.61. The monoisotopic (exact) mass is 476 g/mol. The highest BCUT2D eigenvalue weighted by atomic mass is 19.4. The Morgan fingerprint density at radius 2 is 1.64 bits per heavy atom. The van der Waals surface area contributed by atoms with Crippen molar-refractivity contribution in [1.82, 2.24) is 0 Å². The average Bonchev–Trinajstić information content (AvgIpc) is 2.77. The maximum absolute atomic E-state index is 12.9. The Balaban J connectivity index is 0.00000187. The second-order valence-electron chi connectivity index (χ2n) is 6.88. The van der Waals surface area contributed by atoms with Gasteiger partial charge in [0.15, 0.2) is 0 Å². The van der Waals surface area contributed by atoms with E-state index in [0.717, 1.165) is 12.1 Å². The minimum absolute atomic E-state index is 0.0589. The first kappa shape index (κ1) is 25.8. The molecule has 1 heterocycles. The van der Waals surface area contributed by atoms with Gasteiger partial charge in [0.25, 0.3) is 12.0 Å². The van der Waals surface area contributed by atoms with E-state index in [1.165, 1.54) is 18.2 Å². The van der Waals surface area contributed by atoms with Gasteiger partial charge in [-0.25, -0.2) is 18.4 Å². The van der Waals surface area contributed by atoms with Gasteiger partial charge >= 0.3 is 17.8 Å². The summed E-state index contributed by atoms with van der Waals surface area (Å²) >= 11 is 0. The number of carbonyl (C=O) groups is 1. The summed E-state index contributed by atoms with van der Waals surface area (Å²) in [7, 11) is 0.500. The second-order valence-corrected chi connectivity index (χ2v) is 6.88. The lowest BCUT2D eigenvalue weighted by atomic mass is 10.0. The molecule has 178 valence electrons. The highest BCUT2D eigenvalue weighted by molar-refractivity contribution is 5.90. The summed E-state index contributed by atoms with van der Waals surface area (Å²) in [5.41, 5.74) is -4.59. The SMILES string of the molecule is CC(OC(=O)c1ccc(Cc2c(O)c3ccccc3oc2=O)cc1)(C(F)F)C(F)(F)F.CF. The molecule has 0 aliphatic rings. The molecule has 0 bridgehead atoms. The smallest absolute Gasteiger partial charge is 0.433 e. The molecule has 3 rings (SSSR count). The first-order chi connectivity index (χ1) is 15.4. The Labute approximate surface area is 183 Å². The maximum Gasteiger partial charge on any atom is 0.433 e. The number of alkyl halides is 6. The summed E-state index contributed by atoms with van der Waals surface area (Å²) in [6, 6.07) is 11.0. The van der Waals surface area contributed by atoms with Crippen molar-refractivity contribution < 1.29 is 45.4 Å². The number of halogens is 6. The van der Waals surface area contributed by atoms with Crippen molar-refractivity contribution in [2.75, 3.05) is 7.18 Å². The number of carbonyl (C=O) groups excluding carboxylic acids is 1. The Morgan fingerprint density at radius 3 is 2.18 bits per heavy atom. The number of aromatic hydroxyl groups is 1. The van der Waals surface area contributed by atoms with Crippen LogP contribution in [0.5, 0.6) is 5.75 Å². The van der Waals surface area contributed by atoms with E-state index >= 15 is 0 Å². The van der Waals surface area contributed by atoms with E-state index in [-0.39, 0.29) is 30.2 Å². The quantitative estimate of drug-likeness (QED) is 0.303. The molecule has 0 spiro atoms. The van der Waals surface area contributed by atoms with Crippen LogP contribution >= 0.6 is 0 Å². The van der Waals surface area contributed by atoms with Crippen LogP contribution in [0, 0.1) is 0 Å². The molecule has 0 saturated heterocycles. The van der Waals surface area contributed by atoms with E-state index in [2.05, 4.69) is 4.74 Å². The van der Waals surface area contributed by atoms with Gasteiger partial charge in [-0.05, 0) is 36.8 Å². The van der Waals surface area contributed by atoms with Crippen molar-refractivity contribution >= 4 is 16.9 Å². The van der Waals surface area contributed by atoms with Crippen LogP contribution in [-0.4, -0.2) is 36.5 Å². The second kappa shape index (κ2) is 9.97. The van der Waals surface area contributed by atoms with Crippen molar-refractivity contribution in [3.63, 3.8) is 0 Å². The third kappa shape index (κ3) is 5.29. The van der Waals surface area contributed by atoms with Crippen LogP contribution in [0.25, 0.3) is 11.0 Å². The van der Waals surface area contributed by atoms with E-state index in [0.29, 0.717) is 18.1 Å². The Bertz CT molecular complexity index is 1170. The molecule has 5 nitrogen and oxygen atoms in total. The topological polar surface area (TPSA) is 76.7 Å². The average molecular weight is 476 g/mol. The molecule has 0 amide bonds. The van der Waals surface area contributed by atoms with Crippen LogP contribution < -0.4 is 5.63 Å². The van der Waals surface area contributed by atoms with Crippen LogP contribution in [-0.2, 0) is 11.2 Å². The van der Waals surface area contributed by atoms with Gasteiger partial charge in [0.1, 0.15) is 11.3 Å². The van der Waals surface area contributed by atoms with Gasteiger partial charge in [-0.1, -0.05) is 24.3 Å². The van der Waals surface area contributed by atoms with E-state index < -0.39 is 35.4 Å². The van der Waals surface area contributed by atoms with Gasteiger partial charge < -0.3 is 14.3 Å². The maximum atomic E-state index is 12.9. The van der Waals surface area contributed by atoms with E-state index in [1.807, 2.05) is 0 Å². The van der Waals surface area contributed by atoms with Crippen molar-refractivity contribution in [2.24, 2.45) is 0 Å². The summed E-state index contributed by atoms with van der Waals surface area (Å²) in [6.45, 7) is 0.0890. The Hall–Kier alpha value is -3.50. The molecule has 1 N–H and O–H groups in total. The molecular formula is C22H18F6O5. The molecule has 0 radical (unpaired) electrons. The fraction of sp³-hybridized carbons (Fsp3) is 0.273. The normalized spacial score (nSPS) is 13.2. The fourth-order valence-corrected chi connectivity index (χ4v) is 2.77. The lowest BCUT2D eigenvalue weighted by Gasteiger charge is -2.30. The number of ether oxygens (including phenoxy) is 1. The predicted molar refractivity (Wildman–Crippen MR) is 106 cm³/mol. The largest absolute Gasteiger partial charge is 0.507 e. The highest BCUT2D eigenvalue weighted by Crippen LogP contribution is 2.39. The molecular weight excluding hydrogens is 458 g/mol. The molecule has 1 aromatic heterocycles. The van der Waals surface area contributed by atoms with Gasteiger partial charge in [-0.3, -0.25) is 4.39 Å². The number of para-hydroxylation sites is 1. The molecule has 0 saturated carbocycles. The van der Waals surface area contributed by atoms with Crippen LogP contribution in [0.15, 0.2) is 57.7 Å². The van der Waals surface area contributed by atoms with Crippen molar-refractivity contribution in [2.45, 2.75) is 31.5 Å². The molecule has 0 fully saturated rings. The lowest BCUT2D eigenvalue weighted by Crippen LogP contribution is -2.52. The van der Waals surface area contributed by atoms with Crippen LogP contribution in [0.4, 0.5) is 26.3 Å². The number of benzene rings is 2. The van der Waals surface area contributed by atoms with Gasteiger partial charge in [0.2, 0.25) is 0 Å². The minimum Gasteiger partial charge on any atom is -0.507 e. The summed E-state index contributed by atoms with van der Waals surface area (Å²) in [5, 5.41) is 10.7. The molecule has 1 unspecified atom stereocenters. The molecule has 33 heavy (non-hydrogen) atoms. The van der Waals surface area contributed by atoms with Crippen LogP contribution in [0.3, 0.4) is 0 Å². The third-order valence-corrected chi connectivity index (χ3v) is 4.73. The molecule has 0 aliphatic heterocycles. The summed E-state index contributed by atoms with van der Waals surface area (Å²) in [4.78, 5) is 24.1. The number of rotatable bonds is 5. The zero-order valence-corrected chi connectivity index (χ0v) is 17.3. The van der Waals surface area contributed by atoms with Gasteiger partial charge in [-0.2, -0.15) is 13.2 Å². The Morgan fingerprint density at radius 1 is 1.06 bits per heavy atom. The standard InChI is InChI=1S/C21H15F5O5.CH3F/c1-20(19(22)23,21(24,25)26)31-17(28)12-8-6-11(7-9-12)10-14-16(27)13-4-2-3-5-15(13)30-18(14)29;1-2/h2-9,19,27H,10H2,1H3;1H3. The van der Waals surface area contributed by atoms with Crippen molar-refractivity contribution in [3.05, 3.63) is 75.6 Å². The van der Waals surface area contributed by atoms with Crippen molar-refractivity contribution in [3.8, 4) is 5.75 Å². The number of fused-ring (bicyclic) bond motifs is 1. The van der Waals surface area contributed by atoms with Crippen LogP contribution in [0.1, 0.15) is 28.4 Å². The number of esters is 1.